The smallest absolute Gasteiger partial charge is 0.416 e. The highest BCUT2D eigenvalue weighted by Gasteiger charge is 2.30. The third-order valence-corrected chi connectivity index (χ3v) is 3.86. The highest BCUT2D eigenvalue weighted by molar-refractivity contribution is 5.96. The summed E-state index contributed by atoms with van der Waals surface area (Å²) in [6.45, 7) is -0.133. The quantitative estimate of drug-likeness (QED) is 0.495. The molecule has 2 heterocycles. The summed E-state index contributed by atoms with van der Waals surface area (Å²) in [5.74, 6) is 0.390. The summed E-state index contributed by atoms with van der Waals surface area (Å²) in [4.78, 5) is 30.1. The summed E-state index contributed by atoms with van der Waals surface area (Å²) in [5.41, 5.74) is 0.699. The van der Waals surface area contributed by atoms with Crippen LogP contribution in [0.25, 0.3) is 11.3 Å². The number of alkyl halides is 3. The largest absolute Gasteiger partial charge is 0.440 e. The van der Waals surface area contributed by atoms with E-state index in [1.165, 1.54) is 30.6 Å². The fourth-order valence-electron chi connectivity index (χ4n) is 2.44. The van der Waals surface area contributed by atoms with E-state index < -0.39 is 11.7 Å². The first-order valence-corrected chi connectivity index (χ1v) is 8.14. The van der Waals surface area contributed by atoms with Gasteiger partial charge in [-0.1, -0.05) is 18.2 Å². The number of pyridine rings is 1. The van der Waals surface area contributed by atoms with Gasteiger partial charge >= 0.3 is 6.18 Å². The van der Waals surface area contributed by atoms with E-state index in [9.17, 15) is 22.8 Å². The Bertz CT molecular complexity index is 965. The molecule has 0 aliphatic carbocycles. The molecule has 9 heteroatoms. The van der Waals surface area contributed by atoms with Gasteiger partial charge in [0.1, 0.15) is 5.69 Å². The molecule has 144 valence electrons. The summed E-state index contributed by atoms with van der Waals surface area (Å²) < 4.78 is 43.5. The van der Waals surface area contributed by atoms with Crippen LogP contribution in [0.5, 0.6) is 0 Å². The zero-order valence-corrected chi connectivity index (χ0v) is 14.4. The first kappa shape index (κ1) is 19.3. The van der Waals surface area contributed by atoms with E-state index in [1.807, 2.05) is 0 Å². The van der Waals surface area contributed by atoms with E-state index >= 15 is 0 Å². The molecule has 0 fully saturated rings. The monoisotopic (exact) mass is 389 g/mol. The molecular weight excluding hydrogens is 375 g/mol. The summed E-state index contributed by atoms with van der Waals surface area (Å²) in [7, 11) is 0. The van der Waals surface area contributed by atoms with Gasteiger partial charge in [-0.25, -0.2) is 4.98 Å². The lowest BCUT2D eigenvalue weighted by Gasteiger charge is -2.06. The number of nitrogens with one attached hydrogen (secondary N) is 1. The number of aromatic nitrogens is 2. The number of halogens is 3. The van der Waals surface area contributed by atoms with Crippen LogP contribution in [0, 0.1) is 0 Å². The highest BCUT2D eigenvalue weighted by Crippen LogP contribution is 2.31. The van der Waals surface area contributed by atoms with Gasteiger partial charge in [0.05, 0.1) is 24.7 Å². The summed E-state index contributed by atoms with van der Waals surface area (Å²) in [6, 6.07) is 7.82. The van der Waals surface area contributed by atoms with Crippen molar-refractivity contribution >= 4 is 12.2 Å². The zero-order valence-electron chi connectivity index (χ0n) is 14.4. The third kappa shape index (κ3) is 4.61. The van der Waals surface area contributed by atoms with Crippen molar-refractivity contribution in [1.82, 2.24) is 15.3 Å². The number of benzene rings is 1. The molecule has 1 N–H and O–H groups in total. The van der Waals surface area contributed by atoms with Crippen LogP contribution in [0.15, 0.2) is 53.2 Å². The Morgan fingerprint density at radius 3 is 2.43 bits per heavy atom. The topological polar surface area (TPSA) is 85.1 Å². The third-order valence-electron chi connectivity index (χ3n) is 3.86. The van der Waals surface area contributed by atoms with E-state index in [4.69, 9.17) is 4.42 Å². The van der Waals surface area contributed by atoms with Gasteiger partial charge in [0.25, 0.3) is 0 Å². The van der Waals surface area contributed by atoms with Crippen LogP contribution in [0.1, 0.15) is 27.5 Å². The molecule has 0 saturated heterocycles. The molecule has 0 bridgehead atoms. The maximum atomic E-state index is 12.6. The fraction of sp³-hybridized carbons (Fsp3) is 0.158. The summed E-state index contributed by atoms with van der Waals surface area (Å²) in [6.07, 6.45) is -0.725. The van der Waals surface area contributed by atoms with Gasteiger partial charge in [0.15, 0.2) is 17.4 Å². The Morgan fingerprint density at radius 1 is 1.07 bits per heavy atom. The SMILES string of the molecule is O=CNCC(=O)c1ccc(Cc2ncc(-c3ccc(C(F)(F)F)cc3)o2)cn1. The number of carbonyl (C=O) groups excluding carboxylic acids is 2. The molecule has 0 spiro atoms. The van der Waals surface area contributed by atoms with Crippen LogP contribution in [0.2, 0.25) is 0 Å². The van der Waals surface area contributed by atoms with Crippen molar-refractivity contribution in [3.8, 4) is 11.3 Å². The summed E-state index contributed by atoms with van der Waals surface area (Å²) >= 11 is 0. The van der Waals surface area contributed by atoms with Crippen molar-refractivity contribution in [2.75, 3.05) is 6.54 Å². The minimum atomic E-state index is -4.39. The molecule has 3 aromatic rings. The average Bonchev–Trinajstić information content (AvgIpc) is 3.14. The van der Waals surface area contributed by atoms with Crippen LogP contribution in [-0.4, -0.2) is 28.7 Å². The number of carbonyl (C=O) groups is 2. The molecule has 0 atom stereocenters. The number of hydrogen-bond donors (Lipinski definition) is 1. The second-order valence-electron chi connectivity index (χ2n) is 5.84. The molecule has 1 aromatic carbocycles. The van der Waals surface area contributed by atoms with Crippen LogP contribution in [-0.2, 0) is 17.4 Å². The van der Waals surface area contributed by atoms with E-state index in [0.29, 0.717) is 30.0 Å². The molecular formula is C19H14F3N3O3. The van der Waals surface area contributed by atoms with E-state index in [0.717, 1.165) is 17.7 Å². The second-order valence-corrected chi connectivity index (χ2v) is 5.84. The van der Waals surface area contributed by atoms with Crippen molar-refractivity contribution in [1.29, 1.82) is 0 Å². The lowest BCUT2D eigenvalue weighted by Crippen LogP contribution is -2.22. The van der Waals surface area contributed by atoms with Gasteiger partial charge in [-0.2, -0.15) is 13.2 Å². The number of amides is 1. The molecule has 0 radical (unpaired) electrons. The number of ketones is 1. The molecule has 0 unspecified atom stereocenters. The van der Waals surface area contributed by atoms with Gasteiger partial charge in [0, 0.05) is 11.8 Å². The molecule has 2 aromatic heterocycles. The summed E-state index contributed by atoms with van der Waals surface area (Å²) in [5, 5.41) is 2.27. The number of Topliss-reactive ketones (excluding diaryl/α,β-unsaturated/α-hetero) is 1. The van der Waals surface area contributed by atoms with E-state index in [1.54, 1.807) is 6.07 Å². The molecule has 0 saturated carbocycles. The number of oxazole rings is 1. The Labute approximate surface area is 157 Å². The molecule has 28 heavy (non-hydrogen) atoms. The van der Waals surface area contributed by atoms with Crippen molar-refractivity contribution in [2.45, 2.75) is 12.6 Å². The van der Waals surface area contributed by atoms with Crippen molar-refractivity contribution < 1.29 is 27.2 Å². The van der Waals surface area contributed by atoms with Crippen molar-refractivity contribution in [3.05, 3.63) is 71.5 Å². The van der Waals surface area contributed by atoms with Crippen LogP contribution in [0.3, 0.4) is 0 Å². The number of nitrogens with zero attached hydrogens (tertiary/aromatic N) is 2. The van der Waals surface area contributed by atoms with Crippen LogP contribution in [0.4, 0.5) is 13.2 Å². The van der Waals surface area contributed by atoms with E-state index in [-0.39, 0.29) is 18.0 Å². The Morgan fingerprint density at radius 2 is 1.82 bits per heavy atom. The van der Waals surface area contributed by atoms with Crippen LogP contribution < -0.4 is 5.32 Å². The van der Waals surface area contributed by atoms with Crippen molar-refractivity contribution in [3.63, 3.8) is 0 Å². The lowest BCUT2D eigenvalue weighted by molar-refractivity contribution is -0.137. The fourth-order valence-corrected chi connectivity index (χ4v) is 2.44. The van der Waals surface area contributed by atoms with Gasteiger partial charge in [0.2, 0.25) is 6.41 Å². The van der Waals surface area contributed by atoms with E-state index in [2.05, 4.69) is 15.3 Å². The average molecular weight is 389 g/mol. The predicted molar refractivity (Wildman–Crippen MR) is 92.4 cm³/mol. The van der Waals surface area contributed by atoms with Gasteiger partial charge in [-0.3, -0.25) is 14.6 Å². The zero-order chi connectivity index (χ0) is 20.1. The minimum absolute atomic E-state index is 0.133. The van der Waals surface area contributed by atoms with Gasteiger partial charge < -0.3 is 9.73 Å². The minimum Gasteiger partial charge on any atom is -0.440 e. The lowest BCUT2D eigenvalue weighted by atomic mass is 10.1. The molecule has 3 rings (SSSR count). The van der Waals surface area contributed by atoms with Crippen molar-refractivity contribution in [2.24, 2.45) is 0 Å². The maximum absolute atomic E-state index is 12.6. The van der Waals surface area contributed by atoms with Gasteiger partial charge in [-0.15, -0.1) is 0 Å². The standard InChI is InChI=1S/C19H14F3N3O3/c20-19(21,22)14-4-2-13(3-5-14)17-10-25-18(28-17)7-12-1-6-15(24-8-12)16(27)9-23-11-26/h1-6,8,10-11H,7,9H2,(H,23,26). The first-order valence-electron chi connectivity index (χ1n) is 8.14. The highest BCUT2D eigenvalue weighted by atomic mass is 19.4. The second kappa shape index (κ2) is 8.03. The Balaban J connectivity index is 1.67. The first-order chi connectivity index (χ1) is 13.4. The Kier molecular flexibility index (Phi) is 5.53. The van der Waals surface area contributed by atoms with Crippen LogP contribution >= 0.6 is 0 Å². The normalized spacial score (nSPS) is 11.2. The Hall–Kier alpha value is -3.49. The number of rotatable bonds is 7. The predicted octanol–water partition coefficient (Wildman–Crippen LogP) is 3.27. The number of hydrogen-bond acceptors (Lipinski definition) is 5. The van der Waals surface area contributed by atoms with Gasteiger partial charge in [-0.05, 0) is 23.8 Å². The molecule has 0 aliphatic rings. The molecule has 1 amide bonds. The molecule has 0 aliphatic heterocycles. The molecule has 6 nitrogen and oxygen atoms in total. The maximum Gasteiger partial charge on any atom is 0.416 e.